The van der Waals surface area contributed by atoms with Crippen LogP contribution < -0.4 is 0 Å². The average Bonchev–Trinajstić information content (AvgIpc) is 2.40. The zero-order valence-electron chi connectivity index (χ0n) is 11.2. The van der Waals surface area contributed by atoms with Crippen LogP contribution in [0.2, 0.25) is 0 Å². The highest BCUT2D eigenvalue weighted by atomic mass is 32.2. The Hall–Kier alpha value is -1.01. The molecular formula is C14H18F2O3S. The van der Waals surface area contributed by atoms with Gasteiger partial charge in [0.2, 0.25) is 0 Å². The molecule has 1 aromatic carbocycles. The van der Waals surface area contributed by atoms with Gasteiger partial charge in [-0.2, -0.15) is 0 Å². The van der Waals surface area contributed by atoms with E-state index in [0.717, 1.165) is 6.07 Å². The van der Waals surface area contributed by atoms with E-state index in [9.17, 15) is 22.3 Å². The van der Waals surface area contributed by atoms with E-state index in [1.807, 2.05) is 0 Å². The lowest BCUT2D eigenvalue weighted by Gasteiger charge is -2.31. The quantitative estimate of drug-likeness (QED) is 0.934. The number of sulfone groups is 1. The average molecular weight is 304 g/mol. The third-order valence-corrected chi connectivity index (χ3v) is 5.66. The highest BCUT2D eigenvalue weighted by molar-refractivity contribution is 7.91. The van der Waals surface area contributed by atoms with Crippen LogP contribution in [0.15, 0.2) is 18.2 Å². The minimum Gasteiger partial charge on any atom is -0.388 e. The third kappa shape index (κ3) is 3.17. The van der Waals surface area contributed by atoms with Crippen LogP contribution in [0.4, 0.5) is 8.78 Å². The highest BCUT2D eigenvalue weighted by Crippen LogP contribution is 2.37. The Kier molecular flexibility index (Phi) is 4.44. The topological polar surface area (TPSA) is 54.4 Å². The molecule has 20 heavy (non-hydrogen) atoms. The fourth-order valence-corrected chi connectivity index (χ4v) is 4.05. The van der Waals surface area contributed by atoms with Crippen molar-refractivity contribution in [1.29, 1.82) is 0 Å². The molecule has 1 saturated carbocycles. The summed E-state index contributed by atoms with van der Waals surface area (Å²) in [6.07, 6.45) is 2.13. The van der Waals surface area contributed by atoms with Crippen molar-refractivity contribution < 1.29 is 22.3 Å². The molecule has 1 aliphatic carbocycles. The molecule has 0 radical (unpaired) electrons. The van der Waals surface area contributed by atoms with Crippen LogP contribution in [0, 0.1) is 17.6 Å². The van der Waals surface area contributed by atoms with E-state index in [1.54, 1.807) is 0 Å². The van der Waals surface area contributed by atoms with E-state index < -0.39 is 32.8 Å². The van der Waals surface area contributed by atoms with Gasteiger partial charge in [0.05, 0.1) is 11.4 Å². The fourth-order valence-electron chi connectivity index (χ4n) is 2.86. The first-order valence-corrected chi connectivity index (χ1v) is 8.57. The molecule has 1 aromatic rings. The van der Waals surface area contributed by atoms with Gasteiger partial charge < -0.3 is 5.11 Å². The van der Waals surface area contributed by atoms with Gasteiger partial charge in [0.25, 0.3) is 0 Å². The molecule has 3 atom stereocenters. The van der Waals surface area contributed by atoms with Crippen molar-refractivity contribution in [3.63, 3.8) is 0 Å². The number of aliphatic hydroxyl groups is 1. The molecule has 2 rings (SSSR count). The van der Waals surface area contributed by atoms with Gasteiger partial charge in [-0.05, 0) is 31.2 Å². The van der Waals surface area contributed by atoms with Crippen molar-refractivity contribution in [2.75, 3.05) is 6.26 Å². The van der Waals surface area contributed by atoms with Gasteiger partial charge in [-0.25, -0.2) is 17.2 Å². The Morgan fingerprint density at radius 3 is 2.65 bits per heavy atom. The second-order valence-corrected chi connectivity index (χ2v) is 7.79. The van der Waals surface area contributed by atoms with Crippen molar-refractivity contribution in [3.05, 3.63) is 35.4 Å². The van der Waals surface area contributed by atoms with Crippen LogP contribution in [0.1, 0.15) is 37.4 Å². The normalized spacial score (nSPS) is 25.4. The zero-order chi connectivity index (χ0) is 14.9. The largest absolute Gasteiger partial charge is 0.388 e. The van der Waals surface area contributed by atoms with E-state index in [0.29, 0.717) is 19.3 Å². The maximum Gasteiger partial charge on any atom is 0.164 e. The van der Waals surface area contributed by atoms with Gasteiger partial charge in [0.15, 0.2) is 11.6 Å². The summed E-state index contributed by atoms with van der Waals surface area (Å²) in [5.41, 5.74) is -0.0934. The highest BCUT2D eigenvalue weighted by Gasteiger charge is 2.34. The van der Waals surface area contributed by atoms with Crippen LogP contribution in [-0.2, 0) is 9.84 Å². The Bertz CT molecular complexity index is 586. The molecule has 3 nitrogen and oxygen atoms in total. The van der Waals surface area contributed by atoms with Crippen molar-refractivity contribution in [3.8, 4) is 0 Å². The number of aliphatic hydroxyl groups excluding tert-OH is 1. The van der Waals surface area contributed by atoms with Crippen LogP contribution in [0.3, 0.4) is 0 Å². The zero-order valence-corrected chi connectivity index (χ0v) is 12.0. The molecule has 0 bridgehead atoms. The van der Waals surface area contributed by atoms with E-state index in [1.165, 1.54) is 18.4 Å². The van der Waals surface area contributed by atoms with Crippen molar-refractivity contribution >= 4 is 9.84 Å². The molecule has 3 unspecified atom stereocenters. The Morgan fingerprint density at radius 1 is 1.30 bits per heavy atom. The van der Waals surface area contributed by atoms with Gasteiger partial charge in [-0.3, -0.25) is 0 Å². The van der Waals surface area contributed by atoms with E-state index in [2.05, 4.69) is 0 Å². The minimum absolute atomic E-state index is 0.0934. The monoisotopic (exact) mass is 304 g/mol. The molecule has 0 saturated heterocycles. The summed E-state index contributed by atoms with van der Waals surface area (Å²) in [5.74, 6) is -2.42. The van der Waals surface area contributed by atoms with Crippen LogP contribution >= 0.6 is 0 Å². The summed E-state index contributed by atoms with van der Waals surface area (Å²) < 4.78 is 50.1. The maximum absolute atomic E-state index is 13.7. The SMILES string of the molecule is CS(=O)(=O)C1CCCC(C(O)c2cccc(F)c2F)C1. The van der Waals surface area contributed by atoms with Gasteiger partial charge >= 0.3 is 0 Å². The Morgan fingerprint density at radius 2 is 2.00 bits per heavy atom. The summed E-state index contributed by atoms with van der Waals surface area (Å²) >= 11 is 0. The number of halogens is 2. The summed E-state index contributed by atoms with van der Waals surface area (Å²) in [4.78, 5) is 0. The van der Waals surface area contributed by atoms with Crippen molar-refractivity contribution in [2.45, 2.75) is 37.0 Å². The predicted molar refractivity (Wildman–Crippen MR) is 71.9 cm³/mol. The Labute approximate surface area is 117 Å². The lowest BCUT2D eigenvalue weighted by molar-refractivity contribution is 0.0818. The van der Waals surface area contributed by atoms with Crippen LogP contribution in [0.5, 0.6) is 0 Å². The number of hydrogen-bond donors (Lipinski definition) is 1. The summed E-state index contributed by atoms with van der Waals surface area (Å²) in [7, 11) is -3.17. The first kappa shape index (κ1) is 15.4. The first-order chi connectivity index (χ1) is 9.30. The van der Waals surface area contributed by atoms with Crippen molar-refractivity contribution in [2.24, 2.45) is 5.92 Å². The van der Waals surface area contributed by atoms with Gasteiger partial charge in [0, 0.05) is 11.8 Å². The second-order valence-electron chi connectivity index (χ2n) is 5.47. The summed E-state index contributed by atoms with van der Waals surface area (Å²) in [6.45, 7) is 0. The van der Waals surface area contributed by atoms with Crippen molar-refractivity contribution in [1.82, 2.24) is 0 Å². The molecule has 0 spiro atoms. The third-order valence-electron chi connectivity index (χ3n) is 4.02. The molecule has 1 fully saturated rings. The number of rotatable bonds is 3. The van der Waals surface area contributed by atoms with Gasteiger partial charge in [-0.1, -0.05) is 18.6 Å². The lowest BCUT2D eigenvalue weighted by atomic mass is 9.82. The van der Waals surface area contributed by atoms with E-state index in [4.69, 9.17) is 0 Å². The van der Waals surface area contributed by atoms with Gasteiger partial charge in [0.1, 0.15) is 9.84 Å². The lowest BCUT2D eigenvalue weighted by Crippen LogP contribution is -2.30. The minimum atomic E-state index is -3.17. The number of hydrogen-bond acceptors (Lipinski definition) is 3. The molecule has 1 aliphatic rings. The van der Waals surface area contributed by atoms with Crippen LogP contribution in [0.25, 0.3) is 0 Å². The summed E-state index contributed by atoms with van der Waals surface area (Å²) in [5, 5.41) is 9.73. The molecule has 112 valence electrons. The molecule has 0 amide bonds. The molecule has 0 aromatic heterocycles. The van der Waals surface area contributed by atoms with Crippen LogP contribution in [-0.4, -0.2) is 25.0 Å². The smallest absolute Gasteiger partial charge is 0.164 e. The predicted octanol–water partition coefficient (Wildman–Crippen LogP) is 2.60. The molecule has 0 aliphatic heterocycles. The standard InChI is InChI=1S/C14H18F2O3S/c1-20(18,19)10-5-2-4-9(8-10)14(17)11-6-3-7-12(15)13(11)16/h3,6-7,9-10,14,17H,2,4-5,8H2,1H3. The van der Waals surface area contributed by atoms with E-state index >= 15 is 0 Å². The molecule has 6 heteroatoms. The second kappa shape index (κ2) is 5.77. The molecular weight excluding hydrogens is 286 g/mol. The molecule has 1 N–H and O–H groups in total. The summed E-state index contributed by atoms with van der Waals surface area (Å²) in [6, 6.07) is 3.67. The van der Waals surface area contributed by atoms with Gasteiger partial charge in [-0.15, -0.1) is 0 Å². The first-order valence-electron chi connectivity index (χ1n) is 6.61. The number of benzene rings is 1. The Balaban J connectivity index is 2.21. The van der Waals surface area contributed by atoms with E-state index in [-0.39, 0.29) is 17.9 Å². The maximum atomic E-state index is 13.7. The fraction of sp³-hybridized carbons (Fsp3) is 0.571. The molecule has 0 heterocycles.